The van der Waals surface area contributed by atoms with Crippen LogP contribution in [-0.2, 0) is 11.2 Å². The molecule has 166 valence electrons. The molecule has 0 atom stereocenters. The number of halogens is 2. The quantitative estimate of drug-likeness (QED) is 0.438. The molecule has 1 fully saturated rings. The maximum Gasteiger partial charge on any atom is 0.301 e. The largest absolute Gasteiger partial charge is 0.501 e. The zero-order valence-electron chi connectivity index (χ0n) is 16.8. The van der Waals surface area contributed by atoms with Gasteiger partial charge in [0, 0.05) is 25.7 Å². The summed E-state index contributed by atoms with van der Waals surface area (Å²) in [5, 5.41) is 11.1. The zero-order valence-corrected chi connectivity index (χ0v) is 18.3. The number of amides is 1. The first-order valence-electron chi connectivity index (χ1n) is 9.73. The summed E-state index contributed by atoms with van der Waals surface area (Å²) in [7, 11) is 0. The van der Waals surface area contributed by atoms with E-state index in [0.717, 1.165) is 5.69 Å². The van der Waals surface area contributed by atoms with Crippen molar-refractivity contribution in [2.45, 2.75) is 6.42 Å². The van der Waals surface area contributed by atoms with E-state index in [0.29, 0.717) is 41.9 Å². The number of benzene rings is 1. The molecule has 32 heavy (non-hydrogen) atoms. The minimum Gasteiger partial charge on any atom is -0.501 e. The topological polar surface area (TPSA) is 123 Å². The number of rotatable bonds is 4. The molecule has 0 spiro atoms. The third kappa shape index (κ3) is 4.55. The van der Waals surface area contributed by atoms with Crippen molar-refractivity contribution in [2.24, 2.45) is 10.7 Å². The van der Waals surface area contributed by atoms with Crippen LogP contribution in [0.4, 0.5) is 5.69 Å². The molecular weight excluding hydrogens is 457 g/mol. The van der Waals surface area contributed by atoms with Gasteiger partial charge in [0.25, 0.3) is 0 Å². The fourth-order valence-corrected chi connectivity index (χ4v) is 3.68. The van der Waals surface area contributed by atoms with Gasteiger partial charge in [-0.1, -0.05) is 29.3 Å². The Balaban J connectivity index is 1.62. The van der Waals surface area contributed by atoms with E-state index in [-0.39, 0.29) is 17.9 Å². The normalized spacial score (nSPS) is 14.7. The lowest BCUT2D eigenvalue weighted by Gasteiger charge is -2.28. The lowest BCUT2D eigenvalue weighted by Crippen LogP contribution is -2.36. The number of hydrogen-bond donors (Lipinski definition) is 2. The van der Waals surface area contributed by atoms with Crippen LogP contribution < -0.4 is 16.2 Å². The van der Waals surface area contributed by atoms with Crippen LogP contribution in [0.25, 0.3) is 5.65 Å². The van der Waals surface area contributed by atoms with Crippen molar-refractivity contribution in [3.63, 3.8) is 0 Å². The molecule has 1 saturated heterocycles. The fraction of sp³-hybridized carbons (Fsp3) is 0.238. The summed E-state index contributed by atoms with van der Waals surface area (Å²) in [6.07, 6.45) is 1.70. The molecule has 0 radical (unpaired) electrons. The Labute approximate surface area is 192 Å². The molecule has 9 nitrogen and oxygen atoms in total. The highest BCUT2D eigenvalue weighted by Crippen LogP contribution is 2.23. The van der Waals surface area contributed by atoms with Gasteiger partial charge >= 0.3 is 11.5 Å². The predicted octanol–water partition coefficient (Wildman–Crippen LogP) is 2.28. The van der Waals surface area contributed by atoms with Crippen LogP contribution >= 0.6 is 23.2 Å². The number of aromatic nitrogens is 2. The maximum atomic E-state index is 12.7. The van der Waals surface area contributed by atoms with E-state index in [9.17, 15) is 14.7 Å². The van der Waals surface area contributed by atoms with Gasteiger partial charge in [-0.15, -0.1) is 0 Å². The van der Waals surface area contributed by atoms with Gasteiger partial charge in [-0.25, -0.2) is 4.98 Å². The number of ether oxygens (including phenoxy) is 1. The minimum atomic E-state index is -0.920. The third-order valence-electron chi connectivity index (χ3n) is 4.98. The number of nitrogens with two attached hydrogens (primary N) is 1. The van der Waals surface area contributed by atoms with Gasteiger partial charge in [0.1, 0.15) is 11.5 Å². The first-order valence-corrected chi connectivity index (χ1v) is 10.5. The molecule has 1 aliphatic heterocycles. The van der Waals surface area contributed by atoms with E-state index in [1.54, 1.807) is 36.5 Å². The van der Waals surface area contributed by atoms with Crippen LogP contribution in [0.2, 0.25) is 10.0 Å². The third-order valence-corrected chi connectivity index (χ3v) is 5.72. The van der Waals surface area contributed by atoms with E-state index in [2.05, 4.69) is 14.9 Å². The van der Waals surface area contributed by atoms with Crippen molar-refractivity contribution in [2.75, 3.05) is 31.2 Å². The number of fused-ring (bicyclic) bond motifs is 1. The number of aliphatic imine (C=N–C) groups is 1. The van der Waals surface area contributed by atoms with E-state index >= 15 is 0 Å². The molecule has 2 aromatic heterocycles. The van der Waals surface area contributed by atoms with Crippen LogP contribution in [-0.4, -0.2) is 52.5 Å². The Morgan fingerprint density at radius 3 is 2.66 bits per heavy atom. The van der Waals surface area contributed by atoms with Crippen LogP contribution in [0.1, 0.15) is 16.1 Å². The minimum absolute atomic E-state index is 0.0301. The standard InChI is InChI=1S/C21H19Cl2N5O4/c22-14-3-1-12(9-15(14)23)10-16(24)25-20(30)18-19(29)21(31)28-11-13(2-4-17(28)26-18)27-5-7-32-8-6-27/h1-4,9,11,29H,5-8,10H2,(H2,24,25,30). The average molecular weight is 476 g/mol. The number of pyridine rings is 1. The molecule has 1 aromatic carbocycles. The Kier molecular flexibility index (Phi) is 6.31. The molecule has 0 bridgehead atoms. The molecule has 3 N–H and O–H groups in total. The number of hydrogen-bond acceptors (Lipinski definition) is 6. The highest BCUT2D eigenvalue weighted by Gasteiger charge is 2.20. The SMILES string of the molecule is NC(Cc1ccc(Cl)c(Cl)c1)=NC(=O)c1nc2ccc(N3CCOCC3)cn2c(=O)c1O. The van der Waals surface area contributed by atoms with Crippen LogP contribution in [0.5, 0.6) is 5.75 Å². The molecule has 3 aromatic rings. The van der Waals surface area contributed by atoms with E-state index < -0.39 is 22.9 Å². The molecule has 0 aliphatic carbocycles. The molecule has 1 aliphatic rings. The Bertz CT molecular complexity index is 1290. The van der Waals surface area contributed by atoms with Gasteiger partial charge in [-0.05, 0) is 29.8 Å². The number of nitrogens with zero attached hydrogens (tertiary/aromatic N) is 4. The van der Waals surface area contributed by atoms with E-state index in [1.165, 1.54) is 4.40 Å². The van der Waals surface area contributed by atoms with Crippen LogP contribution in [0.3, 0.4) is 0 Å². The van der Waals surface area contributed by atoms with Gasteiger partial charge in [0.15, 0.2) is 5.69 Å². The monoisotopic (exact) mass is 475 g/mol. The maximum absolute atomic E-state index is 12.7. The van der Waals surface area contributed by atoms with Gasteiger partial charge in [0.2, 0.25) is 5.75 Å². The van der Waals surface area contributed by atoms with Gasteiger partial charge in [-0.2, -0.15) is 4.99 Å². The summed E-state index contributed by atoms with van der Waals surface area (Å²) >= 11 is 11.9. The molecule has 3 heterocycles. The molecule has 11 heteroatoms. The summed E-state index contributed by atoms with van der Waals surface area (Å²) in [5.74, 6) is -1.74. The van der Waals surface area contributed by atoms with Crippen LogP contribution in [0.15, 0.2) is 46.3 Å². The number of amidine groups is 1. The smallest absolute Gasteiger partial charge is 0.301 e. The average Bonchev–Trinajstić information content (AvgIpc) is 2.79. The highest BCUT2D eigenvalue weighted by molar-refractivity contribution is 6.42. The summed E-state index contributed by atoms with van der Waals surface area (Å²) in [6.45, 7) is 2.54. The number of carbonyl (C=O) groups is 1. The van der Waals surface area contributed by atoms with Gasteiger partial charge in [0.05, 0.1) is 28.9 Å². The predicted molar refractivity (Wildman–Crippen MR) is 122 cm³/mol. The van der Waals surface area contributed by atoms with Crippen molar-refractivity contribution in [1.29, 1.82) is 0 Å². The second kappa shape index (κ2) is 9.15. The Morgan fingerprint density at radius 1 is 1.19 bits per heavy atom. The summed E-state index contributed by atoms with van der Waals surface area (Å²) in [5.41, 5.74) is 6.32. The van der Waals surface area contributed by atoms with Crippen molar-refractivity contribution in [3.05, 3.63) is 68.2 Å². The lowest BCUT2D eigenvalue weighted by molar-refractivity contribution is 0.0995. The van der Waals surface area contributed by atoms with Gasteiger partial charge in [-0.3, -0.25) is 14.0 Å². The molecule has 1 amide bonds. The number of carbonyl (C=O) groups excluding carboxylic acids is 1. The fourth-order valence-electron chi connectivity index (χ4n) is 3.36. The van der Waals surface area contributed by atoms with Crippen molar-refractivity contribution >= 4 is 46.3 Å². The Morgan fingerprint density at radius 2 is 1.94 bits per heavy atom. The number of morpholine rings is 1. The summed E-state index contributed by atoms with van der Waals surface area (Å²) in [6, 6.07) is 8.31. The first kappa shape index (κ1) is 22.1. The van der Waals surface area contributed by atoms with E-state index in [1.807, 2.05) is 0 Å². The number of anilines is 1. The first-order chi connectivity index (χ1) is 15.3. The summed E-state index contributed by atoms with van der Waals surface area (Å²) < 4.78 is 6.53. The second-order valence-electron chi connectivity index (χ2n) is 7.16. The summed E-state index contributed by atoms with van der Waals surface area (Å²) in [4.78, 5) is 35.3. The van der Waals surface area contributed by atoms with E-state index in [4.69, 9.17) is 33.7 Å². The lowest BCUT2D eigenvalue weighted by atomic mass is 10.1. The Hall–Kier alpha value is -3.14. The van der Waals surface area contributed by atoms with Crippen molar-refractivity contribution in [3.8, 4) is 5.75 Å². The van der Waals surface area contributed by atoms with Crippen molar-refractivity contribution < 1.29 is 14.6 Å². The van der Waals surface area contributed by atoms with Gasteiger partial charge < -0.3 is 20.5 Å². The molecule has 0 unspecified atom stereocenters. The highest BCUT2D eigenvalue weighted by atomic mass is 35.5. The molecule has 0 saturated carbocycles. The van der Waals surface area contributed by atoms with Crippen LogP contribution in [0, 0.1) is 0 Å². The zero-order chi connectivity index (χ0) is 22.8. The second-order valence-corrected chi connectivity index (χ2v) is 7.98. The number of aromatic hydroxyl groups is 1. The van der Waals surface area contributed by atoms with Crippen molar-refractivity contribution in [1.82, 2.24) is 9.38 Å². The molecular formula is C21H19Cl2N5O4. The molecule has 4 rings (SSSR count).